The lowest BCUT2D eigenvalue weighted by Gasteiger charge is -1.97. The smallest absolute Gasteiger partial charge is 0.227 e. The maximum Gasteiger partial charge on any atom is 0.227 e. The molecule has 0 spiro atoms. The summed E-state index contributed by atoms with van der Waals surface area (Å²) < 4.78 is 5.85. The van der Waals surface area contributed by atoms with E-state index >= 15 is 0 Å². The number of oxazole rings is 1. The first-order valence-corrected chi connectivity index (χ1v) is 5.68. The molecule has 2 aromatic carbocycles. The predicted molar refractivity (Wildman–Crippen MR) is 68.9 cm³/mol. The van der Waals surface area contributed by atoms with Crippen molar-refractivity contribution < 1.29 is 4.42 Å². The fraction of sp³-hybridized carbons (Fsp3) is 0.133. The van der Waals surface area contributed by atoms with Crippen LogP contribution in [-0.4, -0.2) is 4.98 Å². The van der Waals surface area contributed by atoms with Gasteiger partial charge in [0.2, 0.25) is 5.89 Å². The predicted octanol–water partition coefficient (Wildman–Crippen LogP) is 4.11. The van der Waals surface area contributed by atoms with Gasteiger partial charge in [-0.25, -0.2) is 4.98 Å². The number of aromatic nitrogens is 1. The van der Waals surface area contributed by atoms with E-state index in [2.05, 4.69) is 24.9 Å². The van der Waals surface area contributed by atoms with Crippen LogP contribution in [0.1, 0.15) is 11.1 Å². The van der Waals surface area contributed by atoms with Crippen molar-refractivity contribution in [2.75, 3.05) is 0 Å². The Morgan fingerprint density at radius 3 is 2.47 bits per heavy atom. The average molecular weight is 224 g/mol. The highest BCUT2D eigenvalue weighted by atomic mass is 16.4. The highest BCUT2D eigenvalue weighted by Crippen LogP contribution is 2.27. The molecule has 0 radical (unpaired) electrons. The van der Waals surface area contributed by atoms with Crippen LogP contribution >= 0.6 is 0 Å². The van der Waals surface area contributed by atoms with Gasteiger partial charge in [0.05, 0.1) is 0 Å². The summed E-state index contributed by atoms with van der Waals surface area (Å²) in [6.07, 6.45) is 0. The first-order chi connectivity index (χ1) is 8.25. The summed E-state index contributed by atoms with van der Waals surface area (Å²) in [7, 11) is 0. The van der Waals surface area contributed by atoms with Crippen molar-refractivity contribution in [1.29, 1.82) is 0 Å². The maximum atomic E-state index is 5.85. The average Bonchev–Trinajstić information content (AvgIpc) is 2.80. The second-order valence-electron chi connectivity index (χ2n) is 4.24. The van der Waals surface area contributed by atoms with Crippen LogP contribution in [0.3, 0.4) is 0 Å². The molecule has 1 aromatic heterocycles. The molecule has 3 aromatic rings. The zero-order valence-electron chi connectivity index (χ0n) is 9.90. The Balaban J connectivity index is 2.24. The van der Waals surface area contributed by atoms with Crippen molar-refractivity contribution in [3.8, 4) is 11.5 Å². The first-order valence-electron chi connectivity index (χ1n) is 5.68. The van der Waals surface area contributed by atoms with Crippen LogP contribution in [0.25, 0.3) is 22.6 Å². The molecular formula is C15H13NO. The lowest BCUT2D eigenvalue weighted by Crippen LogP contribution is -1.79. The summed E-state index contributed by atoms with van der Waals surface area (Å²) in [6, 6.07) is 14.1. The molecule has 3 rings (SSSR count). The minimum Gasteiger partial charge on any atom is -0.436 e. The zero-order chi connectivity index (χ0) is 11.8. The van der Waals surface area contributed by atoms with Gasteiger partial charge in [0.15, 0.2) is 5.58 Å². The molecule has 0 unspecified atom stereocenters. The van der Waals surface area contributed by atoms with Gasteiger partial charge in [-0.15, -0.1) is 0 Å². The van der Waals surface area contributed by atoms with Gasteiger partial charge < -0.3 is 4.42 Å². The number of fused-ring (bicyclic) bond motifs is 1. The van der Waals surface area contributed by atoms with Crippen molar-refractivity contribution in [3.63, 3.8) is 0 Å². The third kappa shape index (κ3) is 1.62. The van der Waals surface area contributed by atoms with Crippen LogP contribution in [0, 0.1) is 13.8 Å². The van der Waals surface area contributed by atoms with Crippen molar-refractivity contribution in [3.05, 3.63) is 53.6 Å². The number of rotatable bonds is 1. The number of nitrogens with zero attached hydrogens (tertiary/aromatic N) is 1. The van der Waals surface area contributed by atoms with E-state index in [9.17, 15) is 0 Å². The number of benzene rings is 2. The lowest BCUT2D eigenvalue weighted by atomic mass is 10.1. The molecule has 0 saturated carbocycles. The molecule has 2 heteroatoms. The molecule has 0 N–H and O–H groups in total. The summed E-state index contributed by atoms with van der Waals surface area (Å²) in [4.78, 5) is 4.52. The second kappa shape index (κ2) is 3.74. The molecule has 17 heavy (non-hydrogen) atoms. The van der Waals surface area contributed by atoms with Crippen molar-refractivity contribution in [2.24, 2.45) is 0 Å². The molecule has 0 fully saturated rings. The van der Waals surface area contributed by atoms with Crippen molar-refractivity contribution in [1.82, 2.24) is 4.98 Å². The van der Waals surface area contributed by atoms with Gasteiger partial charge in [-0.1, -0.05) is 24.3 Å². The monoisotopic (exact) mass is 224 g/mol. The fourth-order valence-electron chi connectivity index (χ4n) is 1.93. The van der Waals surface area contributed by atoms with Crippen LogP contribution in [0.15, 0.2) is 46.9 Å². The highest BCUT2D eigenvalue weighted by molar-refractivity contribution is 5.80. The molecular weight excluding hydrogens is 211 g/mol. The molecule has 2 nitrogen and oxygen atoms in total. The third-order valence-electron chi connectivity index (χ3n) is 3.10. The Kier molecular flexibility index (Phi) is 2.22. The molecule has 0 atom stereocenters. The van der Waals surface area contributed by atoms with E-state index in [1.807, 2.05) is 36.4 Å². The fourth-order valence-corrected chi connectivity index (χ4v) is 1.93. The molecule has 1 heterocycles. The lowest BCUT2D eigenvalue weighted by molar-refractivity contribution is 0.617. The second-order valence-corrected chi connectivity index (χ2v) is 4.24. The summed E-state index contributed by atoms with van der Waals surface area (Å²) in [5.74, 6) is 0.689. The number of hydrogen-bond acceptors (Lipinski definition) is 2. The van der Waals surface area contributed by atoms with Crippen LogP contribution in [0.2, 0.25) is 0 Å². The SMILES string of the molecule is Cc1ccc2n[13c](-c3ccccc3)oc2c1C. The molecule has 84 valence electrons. The highest BCUT2D eigenvalue weighted by Gasteiger charge is 2.10. The molecule has 0 saturated heterocycles. The van der Waals surface area contributed by atoms with Crippen LogP contribution < -0.4 is 0 Å². The normalized spacial score (nSPS) is 10.9. The van der Waals surface area contributed by atoms with Gasteiger partial charge in [0, 0.05) is 5.56 Å². The maximum absolute atomic E-state index is 5.85. The van der Waals surface area contributed by atoms with E-state index in [1.165, 1.54) is 5.56 Å². The van der Waals surface area contributed by atoms with E-state index in [1.54, 1.807) is 0 Å². The van der Waals surface area contributed by atoms with Gasteiger partial charge in [0.25, 0.3) is 0 Å². The number of hydrogen-bond donors (Lipinski definition) is 0. The van der Waals surface area contributed by atoms with Gasteiger partial charge in [-0.05, 0) is 43.2 Å². The van der Waals surface area contributed by atoms with Crippen molar-refractivity contribution >= 4 is 11.1 Å². The first kappa shape index (κ1) is 10.1. The summed E-state index contributed by atoms with van der Waals surface area (Å²) >= 11 is 0. The van der Waals surface area contributed by atoms with E-state index in [-0.39, 0.29) is 0 Å². The Labute approximate surface area is 99.9 Å². The third-order valence-corrected chi connectivity index (χ3v) is 3.10. The number of aryl methyl sites for hydroxylation is 2. The zero-order valence-corrected chi connectivity index (χ0v) is 9.90. The van der Waals surface area contributed by atoms with E-state index in [0.29, 0.717) is 5.89 Å². The standard InChI is InChI=1S/C15H13NO/c1-10-8-9-13-14(11(10)2)17-15(16-13)12-6-4-3-5-7-12/h3-9H,1-2H3/i15+1. The summed E-state index contributed by atoms with van der Waals surface area (Å²) in [5.41, 5.74) is 5.22. The Bertz CT molecular complexity index is 668. The van der Waals surface area contributed by atoms with Gasteiger partial charge in [-0.3, -0.25) is 0 Å². The van der Waals surface area contributed by atoms with Crippen LogP contribution in [0.5, 0.6) is 0 Å². The van der Waals surface area contributed by atoms with Gasteiger partial charge in [-0.2, -0.15) is 0 Å². The minimum atomic E-state index is 0.689. The Hall–Kier alpha value is -2.09. The van der Waals surface area contributed by atoms with Gasteiger partial charge in [0.1, 0.15) is 5.52 Å². The largest absolute Gasteiger partial charge is 0.436 e. The van der Waals surface area contributed by atoms with Crippen LogP contribution in [0.4, 0.5) is 0 Å². The van der Waals surface area contributed by atoms with E-state index in [4.69, 9.17) is 4.42 Å². The Morgan fingerprint density at radius 1 is 0.941 bits per heavy atom. The minimum absolute atomic E-state index is 0.689. The van der Waals surface area contributed by atoms with Crippen molar-refractivity contribution in [2.45, 2.75) is 13.8 Å². The summed E-state index contributed by atoms with van der Waals surface area (Å²) in [6.45, 7) is 4.15. The van der Waals surface area contributed by atoms with E-state index in [0.717, 1.165) is 22.2 Å². The van der Waals surface area contributed by atoms with E-state index < -0.39 is 0 Å². The molecule has 0 bridgehead atoms. The molecule has 0 aliphatic rings. The topological polar surface area (TPSA) is 26.0 Å². The quantitative estimate of drug-likeness (QED) is 0.621. The molecule has 0 amide bonds. The molecule has 0 aliphatic carbocycles. The summed E-state index contributed by atoms with van der Waals surface area (Å²) in [5, 5.41) is 0. The molecule has 0 aliphatic heterocycles. The van der Waals surface area contributed by atoms with Crippen LogP contribution in [-0.2, 0) is 0 Å². The Morgan fingerprint density at radius 2 is 1.71 bits per heavy atom. The van der Waals surface area contributed by atoms with Gasteiger partial charge >= 0.3 is 0 Å².